The lowest BCUT2D eigenvalue weighted by Crippen LogP contribution is -2.39. The molecule has 2 aliphatic heterocycles. The summed E-state index contributed by atoms with van der Waals surface area (Å²) < 4.78 is 13.2. The Hall–Kier alpha value is -2.39. The van der Waals surface area contributed by atoms with Crippen molar-refractivity contribution in [1.82, 2.24) is 9.88 Å². The molecule has 2 nitrogen and oxygen atoms in total. The van der Waals surface area contributed by atoms with Gasteiger partial charge in [0.15, 0.2) is 0 Å². The Morgan fingerprint density at radius 1 is 1.21 bits per heavy atom. The Labute approximate surface area is 166 Å². The second-order valence-corrected chi connectivity index (χ2v) is 8.45. The summed E-state index contributed by atoms with van der Waals surface area (Å²) in [4.78, 5) is 6.46. The standard InChI is InChI=1S/C25H27FN2/c1-16-5-11-23-21(14-16)22-15-20-4-3-13-28(20)24(25(22)27-23)12-6-17(2)18-7-9-19(26)10-8-18/h5-11,14,20,24,27H,3-4,12-13,15H2,1-2H3/b17-6-. The van der Waals surface area contributed by atoms with Crippen molar-refractivity contribution in [2.24, 2.45) is 0 Å². The van der Waals surface area contributed by atoms with Crippen LogP contribution in [0.4, 0.5) is 4.39 Å². The number of aromatic nitrogens is 1. The number of fused-ring (bicyclic) bond motifs is 4. The maximum Gasteiger partial charge on any atom is 0.123 e. The third kappa shape index (κ3) is 2.98. The van der Waals surface area contributed by atoms with Gasteiger partial charge in [-0.15, -0.1) is 0 Å². The molecule has 0 spiro atoms. The summed E-state index contributed by atoms with van der Waals surface area (Å²) >= 11 is 0. The molecule has 3 heteroatoms. The molecular weight excluding hydrogens is 347 g/mol. The van der Waals surface area contributed by atoms with Crippen molar-refractivity contribution in [3.63, 3.8) is 0 Å². The van der Waals surface area contributed by atoms with Gasteiger partial charge in [0.05, 0.1) is 6.04 Å². The lowest BCUT2D eigenvalue weighted by Gasteiger charge is -2.37. The molecule has 2 unspecified atom stereocenters. The van der Waals surface area contributed by atoms with E-state index in [-0.39, 0.29) is 5.82 Å². The number of allylic oxidation sites excluding steroid dienone is 1. The van der Waals surface area contributed by atoms with Gasteiger partial charge in [-0.25, -0.2) is 4.39 Å². The molecule has 2 atom stereocenters. The highest BCUT2D eigenvalue weighted by Gasteiger charge is 2.38. The Balaban J connectivity index is 1.52. The van der Waals surface area contributed by atoms with Gasteiger partial charge in [-0.3, -0.25) is 4.90 Å². The molecule has 0 amide bonds. The van der Waals surface area contributed by atoms with Crippen molar-refractivity contribution in [1.29, 1.82) is 0 Å². The zero-order valence-corrected chi connectivity index (χ0v) is 16.6. The van der Waals surface area contributed by atoms with Gasteiger partial charge in [0.25, 0.3) is 0 Å². The largest absolute Gasteiger partial charge is 0.357 e. The molecule has 1 saturated heterocycles. The summed E-state index contributed by atoms with van der Waals surface area (Å²) in [5, 5.41) is 1.41. The Morgan fingerprint density at radius 2 is 2.04 bits per heavy atom. The zero-order chi connectivity index (χ0) is 19.3. The van der Waals surface area contributed by atoms with Gasteiger partial charge in [-0.2, -0.15) is 0 Å². The van der Waals surface area contributed by atoms with Crippen LogP contribution in [0.2, 0.25) is 0 Å². The summed E-state index contributed by atoms with van der Waals surface area (Å²) in [5.74, 6) is -0.179. The van der Waals surface area contributed by atoms with Crippen LogP contribution in [0.15, 0.2) is 48.5 Å². The van der Waals surface area contributed by atoms with Crippen molar-refractivity contribution in [3.8, 4) is 0 Å². The minimum atomic E-state index is -0.179. The van der Waals surface area contributed by atoms with Gasteiger partial charge in [0.1, 0.15) is 5.82 Å². The number of hydrogen-bond donors (Lipinski definition) is 1. The molecule has 28 heavy (non-hydrogen) atoms. The van der Waals surface area contributed by atoms with E-state index in [1.54, 1.807) is 12.1 Å². The molecule has 3 aromatic rings. The monoisotopic (exact) mass is 374 g/mol. The van der Waals surface area contributed by atoms with Gasteiger partial charge in [0.2, 0.25) is 0 Å². The van der Waals surface area contributed by atoms with E-state index < -0.39 is 0 Å². The molecule has 2 aliphatic rings. The molecule has 0 radical (unpaired) electrons. The van der Waals surface area contributed by atoms with Crippen LogP contribution in [0.3, 0.4) is 0 Å². The first kappa shape index (κ1) is 17.7. The molecule has 5 rings (SSSR count). The van der Waals surface area contributed by atoms with E-state index >= 15 is 0 Å². The van der Waals surface area contributed by atoms with E-state index in [0.29, 0.717) is 12.1 Å². The number of halogens is 1. The Morgan fingerprint density at radius 3 is 2.86 bits per heavy atom. The van der Waals surface area contributed by atoms with Gasteiger partial charge in [-0.05, 0) is 87.0 Å². The maximum atomic E-state index is 13.2. The third-order valence-corrected chi connectivity index (χ3v) is 6.64. The van der Waals surface area contributed by atoms with Crippen molar-refractivity contribution in [3.05, 3.63) is 76.7 Å². The van der Waals surface area contributed by atoms with Gasteiger partial charge < -0.3 is 4.98 Å². The summed E-state index contributed by atoms with van der Waals surface area (Å²) in [7, 11) is 0. The van der Waals surface area contributed by atoms with Crippen LogP contribution >= 0.6 is 0 Å². The smallest absolute Gasteiger partial charge is 0.123 e. The van der Waals surface area contributed by atoms with Gasteiger partial charge in [-0.1, -0.05) is 29.8 Å². The average molecular weight is 375 g/mol. The molecule has 1 aromatic heterocycles. The number of H-pyrrole nitrogens is 1. The minimum absolute atomic E-state index is 0.179. The predicted octanol–water partition coefficient (Wildman–Crippen LogP) is 6.17. The molecule has 1 N–H and O–H groups in total. The van der Waals surface area contributed by atoms with Crippen LogP contribution in [-0.4, -0.2) is 22.5 Å². The van der Waals surface area contributed by atoms with Crippen molar-refractivity contribution in [2.75, 3.05) is 6.54 Å². The maximum absolute atomic E-state index is 13.2. The van der Waals surface area contributed by atoms with Crippen molar-refractivity contribution in [2.45, 2.75) is 51.6 Å². The van der Waals surface area contributed by atoms with E-state index in [1.165, 1.54) is 52.7 Å². The van der Waals surface area contributed by atoms with E-state index in [2.05, 4.69) is 48.0 Å². The summed E-state index contributed by atoms with van der Waals surface area (Å²) in [6.45, 7) is 5.50. The van der Waals surface area contributed by atoms with Gasteiger partial charge in [0, 0.05) is 22.6 Å². The van der Waals surface area contributed by atoms with E-state index in [1.807, 2.05) is 12.1 Å². The Kier molecular flexibility index (Phi) is 4.36. The second kappa shape index (κ2) is 6.89. The lowest BCUT2D eigenvalue weighted by atomic mass is 9.90. The minimum Gasteiger partial charge on any atom is -0.357 e. The Bertz CT molecular complexity index is 1040. The van der Waals surface area contributed by atoms with Crippen LogP contribution in [-0.2, 0) is 6.42 Å². The van der Waals surface area contributed by atoms with Crippen LogP contribution in [0.25, 0.3) is 16.5 Å². The SMILES string of the molecule is C/C(=C/CC1c2[nH]c3ccc(C)cc3c2CC2CCCN21)c1ccc(F)cc1. The number of benzene rings is 2. The zero-order valence-electron chi connectivity index (χ0n) is 16.6. The van der Waals surface area contributed by atoms with Crippen LogP contribution < -0.4 is 0 Å². The molecule has 0 saturated carbocycles. The third-order valence-electron chi connectivity index (χ3n) is 6.64. The lowest BCUT2D eigenvalue weighted by molar-refractivity contribution is 0.161. The second-order valence-electron chi connectivity index (χ2n) is 8.45. The fourth-order valence-corrected chi connectivity index (χ4v) is 5.15. The highest BCUT2D eigenvalue weighted by Crippen LogP contribution is 2.43. The molecule has 1 fully saturated rings. The van der Waals surface area contributed by atoms with Crippen LogP contribution in [0, 0.1) is 12.7 Å². The molecule has 0 aliphatic carbocycles. The number of nitrogens with zero attached hydrogens (tertiary/aromatic N) is 1. The van der Waals surface area contributed by atoms with Gasteiger partial charge >= 0.3 is 0 Å². The summed E-state index contributed by atoms with van der Waals surface area (Å²) in [5.41, 5.74) is 7.84. The molecule has 0 bridgehead atoms. The fraction of sp³-hybridized carbons (Fsp3) is 0.360. The molecular formula is C25H27FN2. The highest BCUT2D eigenvalue weighted by molar-refractivity contribution is 5.86. The quantitative estimate of drug-likeness (QED) is 0.581. The number of rotatable bonds is 3. The number of aryl methyl sites for hydroxylation is 1. The molecule has 144 valence electrons. The normalized spacial score (nSPS) is 22.5. The topological polar surface area (TPSA) is 19.0 Å². The van der Waals surface area contributed by atoms with Crippen molar-refractivity contribution < 1.29 is 4.39 Å². The first-order chi connectivity index (χ1) is 13.6. The number of aromatic amines is 1. The van der Waals surface area contributed by atoms with E-state index in [9.17, 15) is 4.39 Å². The summed E-state index contributed by atoms with van der Waals surface area (Å²) in [6, 6.07) is 14.7. The van der Waals surface area contributed by atoms with Crippen molar-refractivity contribution >= 4 is 16.5 Å². The average Bonchev–Trinajstić information content (AvgIpc) is 3.30. The molecule has 2 aromatic carbocycles. The first-order valence-corrected chi connectivity index (χ1v) is 10.4. The molecule has 3 heterocycles. The first-order valence-electron chi connectivity index (χ1n) is 10.4. The summed E-state index contributed by atoms with van der Waals surface area (Å²) in [6.07, 6.45) is 7.08. The fourth-order valence-electron chi connectivity index (χ4n) is 5.15. The van der Waals surface area contributed by atoms with E-state index in [4.69, 9.17) is 0 Å². The number of hydrogen-bond acceptors (Lipinski definition) is 1. The van der Waals surface area contributed by atoms with Crippen LogP contribution in [0.1, 0.15) is 54.6 Å². The number of nitrogens with one attached hydrogen (secondary N) is 1. The van der Waals surface area contributed by atoms with E-state index in [0.717, 1.165) is 18.4 Å². The van der Waals surface area contributed by atoms with Crippen LogP contribution in [0.5, 0.6) is 0 Å². The predicted molar refractivity (Wildman–Crippen MR) is 114 cm³/mol. The highest BCUT2D eigenvalue weighted by atomic mass is 19.1.